The molecule has 0 saturated carbocycles. The smallest absolute Gasteiger partial charge is 0.323 e. The van der Waals surface area contributed by atoms with E-state index in [1.165, 1.54) is 0 Å². The van der Waals surface area contributed by atoms with E-state index in [2.05, 4.69) is 0 Å². The summed E-state index contributed by atoms with van der Waals surface area (Å²) in [6, 6.07) is -0.861. The van der Waals surface area contributed by atoms with Crippen LogP contribution in [0.2, 0.25) is 0 Å². The first kappa shape index (κ1) is 8.49. The molecule has 0 aliphatic carbocycles. The van der Waals surface area contributed by atoms with Gasteiger partial charge >= 0.3 is 5.97 Å². The number of carboxylic acid groups (broad SMARTS) is 1. The molecule has 1 rings (SSSR count). The zero-order valence-corrected chi connectivity index (χ0v) is 6.49. The standard InChI is InChI=1S/C7H13NO3/c1-4-2-3-5(11-4)6(8)7(9)10/h4-6H,2-3,8H2,1H3,(H,9,10)/t4-,5+,6-/m0/s1. The zero-order chi connectivity index (χ0) is 8.43. The first-order chi connectivity index (χ1) is 5.11. The summed E-state index contributed by atoms with van der Waals surface area (Å²) in [7, 11) is 0. The van der Waals surface area contributed by atoms with Crippen molar-refractivity contribution in [3.63, 3.8) is 0 Å². The number of rotatable bonds is 2. The monoisotopic (exact) mass is 159 g/mol. The second-order valence-electron chi connectivity index (χ2n) is 2.93. The Bertz CT molecular complexity index is 160. The average Bonchev–Trinajstić information content (AvgIpc) is 2.34. The topological polar surface area (TPSA) is 72.6 Å². The lowest BCUT2D eigenvalue weighted by Gasteiger charge is -2.14. The first-order valence-corrected chi connectivity index (χ1v) is 3.75. The van der Waals surface area contributed by atoms with E-state index in [1.807, 2.05) is 6.92 Å². The van der Waals surface area contributed by atoms with Crippen LogP contribution in [0.1, 0.15) is 19.8 Å². The number of hydrogen-bond acceptors (Lipinski definition) is 3. The summed E-state index contributed by atoms with van der Waals surface area (Å²) in [5.41, 5.74) is 5.36. The Morgan fingerprint density at radius 1 is 1.73 bits per heavy atom. The molecule has 0 amide bonds. The third-order valence-corrected chi connectivity index (χ3v) is 1.95. The number of aliphatic carboxylic acids is 1. The van der Waals surface area contributed by atoms with E-state index in [0.29, 0.717) is 0 Å². The lowest BCUT2D eigenvalue weighted by atomic mass is 10.1. The van der Waals surface area contributed by atoms with Crippen LogP contribution in [0, 0.1) is 0 Å². The van der Waals surface area contributed by atoms with Crippen LogP contribution in [0.25, 0.3) is 0 Å². The molecule has 3 N–H and O–H groups in total. The molecule has 1 aliphatic rings. The Morgan fingerprint density at radius 2 is 2.36 bits per heavy atom. The van der Waals surface area contributed by atoms with Crippen LogP contribution in [-0.4, -0.2) is 29.3 Å². The lowest BCUT2D eigenvalue weighted by molar-refractivity contribution is -0.142. The summed E-state index contributed by atoms with van der Waals surface area (Å²) in [5.74, 6) is -0.982. The highest BCUT2D eigenvalue weighted by Crippen LogP contribution is 2.20. The van der Waals surface area contributed by atoms with E-state index in [9.17, 15) is 4.79 Å². The van der Waals surface area contributed by atoms with Crippen LogP contribution in [0.3, 0.4) is 0 Å². The maximum atomic E-state index is 10.4. The fourth-order valence-electron chi connectivity index (χ4n) is 1.26. The van der Waals surface area contributed by atoms with Crippen molar-refractivity contribution in [3.8, 4) is 0 Å². The van der Waals surface area contributed by atoms with E-state index < -0.39 is 12.0 Å². The summed E-state index contributed by atoms with van der Waals surface area (Å²) in [6.07, 6.45) is 1.54. The van der Waals surface area contributed by atoms with Crippen LogP contribution in [0.15, 0.2) is 0 Å². The van der Waals surface area contributed by atoms with Crippen molar-refractivity contribution in [2.75, 3.05) is 0 Å². The van der Waals surface area contributed by atoms with Crippen LogP contribution < -0.4 is 5.73 Å². The van der Waals surface area contributed by atoms with Gasteiger partial charge in [0.25, 0.3) is 0 Å². The molecule has 0 aromatic carbocycles. The van der Waals surface area contributed by atoms with E-state index in [-0.39, 0.29) is 12.2 Å². The van der Waals surface area contributed by atoms with Crippen LogP contribution in [-0.2, 0) is 9.53 Å². The molecule has 11 heavy (non-hydrogen) atoms. The normalized spacial score (nSPS) is 33.6. The van der Waals surface area contributed by atoms with Gasteiger partial charge in [-0.25, -0.2) is 0 Å². The van der Waals surface area contributed by atoms with Crippen molar-refractivity contribution in [1.82, 2.24) is 0 Å². The Balaban J connectivity index is 2.43. The molecule has 0 unspecified atom stereocenters. The van der Waals surface area contributed by atoms with Gasteiger partial charge in [0, 0.05) is 0 Å². The van der Waals surface area contributed by atoms with Gasteiger partial charge in [0.2, 0.25) is 0 Å². The highest BCUT2D eigenvalue weighted by molar-refractivity contribution is 5.73. The molecule has 0 aromatic heterocycles. The number of carboxylic acids is 1. The van der Waals surface area contributed by atoms with Gasteiger partial charge in [-0.2, -0.15) is 0 Å². The summed E-state index contributed by atoms with van der Waals surface area (Å²) in [5, 5.41) is 8.52. The third kappa shape index (κ3) is 1.91. The highest BCUT2D eigenvalue weighted by atomic mass is 16.5. The van der Waals surface area contributed by atoms with E-state index in [1.54, 1.807) is 0 Å². The predicted octanol–water partition coefficient (Wildman–Crippen LogP) is -0.0342. The van der Waals surface area contributed by atoms with Crippen molar-refractivity contribution in [2.45, 2.75) is 38.0 Å². The highest BCUT2D eigenvalue weighted by Gasteiger charge is 2.31. The van der Waals surface area contributed by atoms with Gasteiger partial charge in [0.15, 0.2) is 0 Å². The molecule has 0 spiro atoms. The lowest BCUT2D eigenvalue weighted by Crippen LogP contribution is -2.41. The van der Waals surface area contributed by atoms with Crippen molar-refractivity contribution in [3.05, 3.63) is 0 Å². The SMILES string of the molecule is C[C@H]1CC[C@H]([C@H](N)C(=O)O)O1. The van der Waals surface area contributed by atoms with Crippen LogP contribution >= 0.6 is 0 Å². The molecule has 4 heteroatoms. The second kappa shape index (κ2) is 3.19. The van der Waals surface area contributed by atoms with Crippen molar-refractivity contribution < 1.29 is 14.6 Å². The molecule has 1 aliphatic heterocycles. The van der Waals surface area contributed by atoms with Crippen LogP contribution in [0.5, 0.6) is 0 Å². The molecule has 0 radical (unpaired) electrons. The van der Waals surface area contributed by atoms with Gasteiger partial charge in [0.1, 0.15) is 6.04 Å². The van der Waals surface area contributed by atoms with Gasteiger partial charge in [-0.1, -0.05) is 0 Å². The summed E-state index contributed by atoms with van der Waals surface area (Å²) in [4.78, 5) is 10.4. The second-order valence-corrected chi connectivity index (χ2v) is 2.93. The Labute approximate surface area is 65.3 Å². The molecule has 1 heterocycles. The van der Waals surface area contributed by atoms with E-state index >= 15 is 0 Å². The minimum absolute atomic E-state index is 0.158. The van der Waals surface area contributed by atoms with Crippen molar-refractivity contribution in [1.29, 1.82) is 0 Å². The molecule has 1 saturated heterocycles. The Hall–Kier alpha value is -0.610. The van der Waals surface area contributed by atoms with Gasteiger partial charge < -0.3 is 15.6 Å². The molecule has 0 aromatic rings. The summed E-state index contributed by atoms with van der Waals surface area (Å²) in [6.45, 7) is 1.93. The zero-order valence-electron chi connectivity index (χ0n) is 6.49. The maximum absolute atomic E-state index is 10.4. The minimum Gasteiger partial charge on any atom is -0.480 e. The van der Waals surface area contributed by atoms with E-state index in [4.69, 9.17) is 15.6 Å². The average molecular weight is 159 g/mol. The molecular weight excluding hydrogens is 146 g/mol. The molecular formula is C7H13NO3. The summed E-state index contributed by atoms with van der Waals surface area (Å²) < 4.78 is 5.28. The number of hydrogen-bond donors (Lipinski definition) is 2. The van der Waals surface area contributed by atoms with E-state index in [0.717, 1.165) is 12.8 Å². The van der Waals surface area contributed by atoms with Crippen LogP contribution in [0.4, 0.5) is 0 Å². The number of carbonyl (C=O) groups is 1. The van der Waals surface area contributed by atoms with Gasteiger partial charge in [-0.15, -0.1) is 0 Å². The Kier molecular flexibility index (Phi) is 2.46. The largest absolute Gasteiger partial charge is 0.480 e. The maximum Gasteiger partial charge on any atom is 0.323 e. The molecule has 64 valence electrons. The Morgan fingerprint density at radius 3 is 2.73 bits per heavy atom. The molecule has 0 bridgehead atoms. The fourth-order valence-corrected chi connectivity index (χ4v) is 1.26. The number of ether oxygens (including phenoxy) is 1. The fraction of sp³-hybridized carbons (Fsp3) is 0.857. The number of nitrogens with two attached hydrogens (primary N) is 1. The third-order valence-electron chi connectivity index (χ3n) is 1.95. The van der Waals surface area contributed by atoms with Gasteiger partial charge in [0.05, 0.1) is 12.2 Å². The molecule has 4 nitrogen and oxygen atoms in total. The van der Waals surface area contributed by atoms with Gasteiger partial charge in [-0.05, 0) is 19.8 Å². The quantitative estimate of drug-likeness (QED) is 0.593. The van der Waals surface area contributed by atoms with Crippen molar-refractivity contribution >= 4 is 5.97 Å². The van der Waals surface area contributed by atoms with Gasteiger partial charge in [-0.3, -0.25) is 4.79 Å². The molecule has 3 atom stereocenters. The predicted molar refractivity (Wildman–Crippen MR) is 39.2 cm³/mol. The van der Waals surface area contributed by atoms with Crippen molar-refractivity contribution in [2.24, 2.45) is 5.73 Å². The first-order valence-electron chi connectivity index (χ1n) is 3.75. The minimum atomic E-state index is -0.982. The molecule has 1 fully saturated rings. The summed E-state index contributed by atoms with van der Waals surface area (Å²) >= 11 is 0.